The zero-order chi connectivity index (χ0) is 13.4. The number of rotatable bonds is 2. The first kappa shape index (κ1) is 13.5. The third-order valence-corrected chi connectivity index (χ3v) is 3.75. The molecule has 1 aliphatic carbocycles. The van der Waals surface area contributed by atoms with Crippen molar-refractivity contribution in [2.24, 2.45) is 17.1 Å². The smallest absolute Gasteiger partial charge is 0.246 e. The van der Waals surface area contributed by atoms with Gasteiger partial charge in [-0.3, -0.25) is 0 Å². The largest absolute Gasteiger partial charge is 0.337 e. The standard InChI is InChI=1S/C14H25N3O/c1-10-5-7-14(15,8-6-10)12-16-11(17-18-12)9-13(2,3)4/h10H,5-9,15H2,1-4H3. The summed E-state index contributed by atoms with van der Waals surface area (Å²) in [4.78, 5) is 4.51. The van der Waals surface area contributed by atoms with E-state index in [4.69, 9.17) is 10.3 Å². The first-order valence-electron chi connectivity index (χ1n) is 6.90. The van der Waals surface area contributed by atoms with E-state index in [2.05, 4.69) is 37.8 Å². The molecule has 4 heteroatoms. The van der Waals surface area contributed by atoms with E-state index in [1.165, 1.54) is 0 Å². The van der Waals surface area contributed by atoms with E-state index >= 15 is 0 Å². The third kappa shape index (κ3) is 3.10. The van der Waals surface area contributed by atoms with Crippen LogP contribution in [0.25, 0.3) is 0 Å². The van der Waals surface area contributed by atoms with Crippen LogP contribution < -0.4 is 5.73 Å². The molecule has 2 N–H and O–H groups in total. The minimum atomic E-state index is -0.393. The highest BCUT2D eigenvalue weighted by Gasteiger charge is 2.37. The van der Waals surface area contributed by atoms with Crippen LogP contribution in [0.2, 0.25) is 0 Å². The fourth-order valence-electron chi connectivity index (χ4n) is 2.49. The molecule has 18 heavy (non-hydrogen) atoms. The highest BCUT2D eigenvalue weighted by atomic mass is 16.5. The lowest BCUT2D eigenvalue weighted by Crippen LogP contribution is -2.40. The average molecular weight is 251 g/mol. The van der Waals surface area contributed by atoms with Crippen molar-refractivity contribution in [3.05, 3.63) is 11.7 Å². The Hall–Kier alpha value is -0.900. The van der Waals surface area contributed by atoms with Gasteiger partial charge in [0.25, 0.3) is 0 Å². The van der Waals surface area contributed by atoms with Crippen LogP contribution in [-0.2, 0) is 12.0 Å². The van der Waals surface area contributed by atoms with Crippen molar-refractivity contribution < 1.29 is 4.52 Å². The SMILES string of the molecule is CC1CCC(N)(c2nc(CC(C)(C)C)no2)CC1. The average Bonchev–Trinajstić information content (AvgIpc) is 2.69. The van der Waals surface area contributed by atoms with Crippen LogP contribution in [0.15, 0.2) is 4.52 Å². The van der Waals surface area contributed by atoms with Crippen molar-refractivity contribution in [1.29, 1.82) is 0 Å². The number of hydrogen-bond donors (Lipinski definition) is 1. The maximum atomic E-state index is 6.42. The lowest BCUT2D eigenvalue weighted by Gasteiger charge is -2.32. The van der Waals surface area contributed by atoms with E-state index < -0.39 is 5.54 Å². The first-order chi connectivity index (χ1) is 8.28. The molecule has 1 aliphatic rings. The zero-order valence-electron chi connectivity index (χ0n) is 12.0. The van der Waals surface area contributed by atoms with Gasteiger partial charge < -0.3 is 10.3 Å². The summed E-state index contributed by atoms with van der Waals surface area (Å²) in [7, 11) is 0. The predicted octanol–water partition coefficient (Wildman–Crippen LogP) is 3.02. The van der Waals surface area contributed by atoms with E-state index in [0.29, 0.717) is 5.89 Å². The Morgan fingerprint density at radius 2 is 1.94 bits per heavy atom. The predicted molar refractivity (Wildman–Crippen MR) is 71.0 cm³/mol. The number of nitrogens with two attached hydrogens (primary N) is 1. The van der Waals surface area contributed by atoms with Gasteiger partial charge in [0.05, 0.1) is 5.54 Å². The van der Waals surface area contributed by atoms with E-state index in [1.54, 1.807) is 0 Å². The van der Waals surface area contributed by atoms with E-state index in [0.717, 1.165) is 43.8 Å². The number of hydrogen-bond acceptors (Lipinski definition) is 4. The summed E-state index contributed by atoms with van der Waals surface area (Å²) in [6, 6.07) is 0. The van der Waals surface area contributed by atoms with Crippen LogP contribution in [0.4, 0.5) is 0 Å². The van der Waals surface area contributed by atoms with Gasteiger partial charge in [-0.25, -0.2) is 0 Å². The molecule has 0 amide bonds. The molecular weight excluding hydrogens is 226 g/mol. The summed E-state index contributed by atoms with van der Waals surface area (Å²) in [5, 5.41) is 4.07. The highest BCUT2D eigenvalue weighted by molar-refractivity contribution is 5.04. The van der Waals surface area contributed by atoms with Gasteiger partial charge in [0.1, 0.15) is 0 Å². The van der Waals surface area contributed by atoms with Crippen LogP contribution in [0, 0.1) is 11.3 Å². The molecule has 0 bridgehead atoms. The summed E-state index contributed by atoms with van der Waals surface area (Å²) >= 11 is 0. The maximum Gasteiger partial charge on any atom is 0.246 e. The number of aromatic nitrogens is 2. The minimum absolute atomic E-state index is 0.171. The molecule has 0 aromatic carbocycles. The van der Waals surface area contributed by atoms with Gasteiger partial charge in [-0.05, 0) is 37.0 Å². The molecule has 0 spiro atoms. The van der Waals surface area contributed by atoms with Crippen molar-refractivity contribution in [2.45, 2.75) is 65.3 Å². The molecule has 1 fully saturated rings. The van der Waals surface area contributed by atoms with Crippen molar-refractivity contribution in [2.75, 3.05) is 0 Å². The van der Waals surface area contributed by atoms with Gasteiger partial charge in [0.15, 0.2) is 5.82 Å². The second-order valence-corrected chi connectivity index (χ2v) is 7.09. The van der Waals surface area contributed by atoms with Gasteiger partial charge in [-0.1, -0.05) is 32.9 Å². The fourth-order valence-corrected chi connectivity index (χ4v) is 2.49. The molecule has 0 radical (unpaired) electrons. The summed E-state index contributed by atoms with van der Waals surface area (Å²) in [6.07, 6.45) is 5.01. The van der Waals surface area contributed by atoms with Crippen molar-refractivity contribution in [3.63, 3.8) is 0 Å². The minimum Gasteiger partial charge on any atom is -0.337 e. The van der Waals surface area contributed by atoms with Crippen molar-refractivity contribution >= 4 is 0 Å². The van der Waals surface area contributed by atoms with E-state index in [1.807, 2.05) is 0 Å². The maximum absolute atomic E-state index is 6.42. The van der Waals surface area contributed by atoms with Gasteiger partial charge >= 0.3 is 0 Å². The molecule has 1 aromatic rings. The van der Waals surface area contributed by atoms with Crippen LogP contribution in [0.3, 0.4) is 0 Å². The Bertz CT molecular complexity index is 397. The summed E-state index contributed by atoms with van der Waals surface area (Å²) in [6.45, 7) is 8.79. The Morgan fingerprint density at radius 1 is 1.33 bits per heavy atom. The molecule has 1 saturated carbocycles. The second kappa shape index (κ2) is 4.65. The van der Waals surface area contributed by atoms with Crippen molar-refractivity contribution in [3.8, 4) is 0 Å². The molecule has 0 aliphatic heterocycles. The quantitative estimate of drug-likeness (QED) is 0.877. The van der Waals surface area contributed by atoms with Crippen molar-refractivity contribution in [1.82, 2.24) is 10.1 Å². The van der Waals surface area contributed by atoms with Gasteiger partial charge in [0, 0.05) is 6.42 Å². The van der Waals surface area contributed by atoms with Crippen LogP contribution >= 0.6 is 0 Å². The monoisotopic (exact) mass is 251 g/mol. The molecule has 0 atom stereocenters. The van der Waals surface area contributed by atoms with Gasteiger partial charge in [-0.15, -0.1) is 0 Å². The summed E-state index contributed by atoms with van der Waals surface area (Å²) in [5.74, 6) is 2.17. The summed E-state index contributed by atoms with van der Waals surface area (Å²) < 4.78 is 5.40. The van der Waals surface area contributed by atoms with Gasteiger partial charge in [-0.2, -0.15) is 4.98 Å². The fraction of sp³-hybridized carbons (Fsp3) is 0.857. The van der Waals surface area contributed by atoms with Crippen LogP contribution in [0.5, 0.6) is 0 Å². The molecule has 0 unspecified atom stereocenters. The first-order valence-corrected chi connectivity index (χ1v) is 6.90. The normalized spacial score (nSPS) is 29.5. The van der Waals surface area contributed by atoms with Crippen LogP contribution in [-0.4, -0.2) is 10.1 Å². The molecule has 1 heterocycles. The Kier molecular flexibility index (Phi) is 3.49. The van der Waals surface area contributed by atoms with Gasteiger partial charge in [0.2, 0.25) is 5.89 Å². The molecule has 102 valence electrons. The topological polar surface area (TPSA) is 64.9 Å². The lowest BCUT2D eigenvalue weighted by molar-refractivity contribution is 0.190. The van der Waals surface area contributed by atoms with E-state index in [-0.39, 0.29) is 5.41 Å². The second-order valence-electron chi connectivity index (χ2n) is 7.09. The molecule has 0 saturated heterocycles. The molecule has 4 nitrogen and oxygen atoms in total. The Morgan fingerprint density at radius 3 is 2.50 bits per heavy atom. The number of nitrogens with zero attached hydrogens (tertiary/aromatic N) is 2. The molecular formula is C14H25N3O. The van der Waals surface area contributed by atoms with E-state index in [9.17, 15) is 0 Å². The lowest BCUT2D eigenvalue weighted by atomic mass is 9.78. The third-order valence-electron chi connectivity index (χ3n) is 3.75. The molecule has 2 rings (SSSR count). The van der Waals surface area contributed by atoms with Crippen LogP contribution in [0.1, 0.15) is 65.1 Å². The molecule has 1 aromatic heterocycles. The Labute approximate surface area is 109 Å². The highest BCUT2D eigenvalue weighted by Crippen LogP contribution is 2.36. The summed E-state index contributed by atoms with van der Waals surface area (Å²) in [5.41, 5.74) is 6.20. The zero-order valence-corrected chi connectivity index (χ0v) is 12.0. The Balaban J connectivity index is 2.10.